The summed E-state index contributed by atoms with van der Waals surface area (Å²) in [6.07, 6.45) is 0. The highest BCUT2D eigenvalue weighted by molar-refractivity contribution is 9.10. The van der Waals surface area contributed by atoms with Crippen LogP contribution in [0.5, 0.6) is 0 Å². The second kappa shape index (κ2) is 6.02. The van der Waals surface area contributed by atoms with Crippen molar-refractivity contribution in [3.8, 4) is 0 Å². The SMILES string of the molecule is CNC(=O)C1COCCN1Cc1c(Br)c(C)nn1C. The highest BCUT2D eigenvalue weighted by atomic mass is 79.9. The zero-order valence-electron chi connectivity index (χ0n) is 11.4. The predicted octanol–water partition coefficient (Wildman–Crippen LogP) is 0.438. The Morgan fingerprint density at radius 1 is 1.63 bits per heavy atom. The average molecular weight is 331 g/mol. The van der Waals surface area contributed by atoms with E-state index in [9.17, 15) is 4.79 Å². The van der Waals surface area contributed by atoms with E-state index in [1.54, 1.807) is 7.05 Å². The number of aryl methyl sites for hydroxylation is 2. The van der Waals surface area contributed by atoms with Gasteiger partial charge in [-0.25, -0.2) is 0 Å². The summed E-state index contributed by atoms with van der Waals surface area (Å²) in [5, 5.41) is 7.07. The highest BCUT2D eigenvalue weighted by Crippen LogP contribution is 2.23. The van der Waals surface area contributed by atoms with Gasteiger partial charge in [0.1, 0.15) is 6.04 Å². The predicted molar refractivity (Wildman–Crippen MR) is 74.7 cm³/mol. The summed E-state index contributed by atoms with van der Waals surface area (Å²) in [5.74, 6) is -0.00490. The van der Waals surface area contributed by atoms with Gasteiger partial charge in [-0.1, -0.05) is 0 Å². The Kier molecular flexibility index (Phi) is 4.59. The van der Waals surface area contributed by atoms with Crippen LogP contribution < -0.4 is 5.32 Å². The Balaban J connectivity index is 2.17. The molecule has 0 spiro atoms. The van der Waals surface area contributed by atoms with Gasteiger partial charge in [-0.05, 0) is 22.9 Å². The number of rotatable bonds is 3. The van der Waals surface area contributed by atoms with E-state index >= 15 is 0 Å². The number of hydrogen-bond acceptors (Lipinski definition) is 4. The van der Waals surface area contributed by atoms with Crippen molar-refractivity contribution in [1.82, 2.24) is 20.0 Å². The van der Waals surface area contributed by atoms with Crippen LogP contribution in [0.3, 0.4) is 0 Å². The summed E-state index contributed by atoms with van der Waals surface area (Å²) in [6.45, 7) is 4.48. The van der Waals surface area contributed by atoms with E-state index in [-0.39, 0.29) is 11.9 Å². The van der Waals surface area contributed by atoms with Crippen molar-refractivity contribution in [3.05, 3.63) is 15.9 Å². The second-order valence-electron chi connectivity index (χ2n) is 4.65. The van der Waals surface area contributed by atoms with Crippen molar-refractivity contribution in [2.45, 2.75) is 19.5 Å². The summed E-state index contributed by atoms with van der Waals surface area (Å²) in [5.41, 5.74) is 2.04. The lowest BCUT2D eigenvalue weighted by Gasteiger charge is -2.34. The first-order valence-electron chi connectivity index (χ1n) is 6.26. The lowest BCUT2D eigenvalue weighted by Crippen LogP contribution is -2.52. The minimum absolute atomic E-state index is 0.00490. The topological polar surface area (TPSA) is 59.4 Å². The third-order valence-corrected chi connectivity index (χ3v) is 4.43. The number of carbonyl (C=O) groups excluding carboxylic acids is 1. The van der Waals surface area contributed by atoms with E-state index in [1.165, 1.54) is 0 Å². The van der Waals surface area contributed by atoms with Gasteiger partial charge in [0, 0.05) is 27.2 Å². The molecule has 1 saturated heterocycles. The largest absolute Gasteiger partial charge is 0.378 e. The van der Waals surface area contributed by atoms with E-state index in [0.29, 0.717) is 19.8 Å². The molecule has 0 saturated carbocycles. The first-order chi connectivity index (χ1) is 9.04. The molecule has 1 aromatic rings. The van der Waals surface area contributed by atoms with Gasteiger partial charge in [-0.15, -0.1) is 0 Å². The van der Waals surface area contributed by atoms with Crippen molar-refractivity contribution < 1.29 is 9.53 Å². The number of halogens is 1. The van der Waals surface area contributed by atoms with Crippen LogP contribution in [0.4, 0.5) is 0 Å². The Morgan fingerprint density at radius 2 is 2.37 bits per heavy atom. The molecule has 1 aliphatic rings. The van der Waals surface area contributed by atoms with Gasteiger partial charge in [-0.2, -0.15) is 5.10 Å². The van der Waals surface area contributed by atoms with Crippen LogP contribution in [-0.4, -0.2) is 53.4 Å². The fourth-order valence-corrected chi connectivity index (χ4v) is 2.74. The van der Waals surface area contributed by atoms with Crippen molar-refractivity contribution in [2.24, 2.45) is 7.05 Å². The molecule has 1 aliphatic heterocycles. The molecule has 106 valence electrons. The first-order valence-corrected chi connectivity index (χ1v) is 7.05. The molecule has 0 radical (unpaired) electrons. The summed E-state index contributed by atoms with van der Waals surface area (Å²) >= 11 is 3.56. The van der Waals surface area contributed by atoms with Crippen LogP contribution in [0, 0.1) is 6.92 Å². The number of carbonyl (C=O) groups is 1. The molecule has 0 aromatic carbocycles. The number of morpholine rings is 1. The number of ether oxygens (including phenoxy) is 1. The van der Waals surface area contributed by atoms with E-state index < -0.39 is 0 Å². The third-order valence-electron chi connectivity index (χ3n) is 3.40. The van der Waals surface area contributed by atoms with E-state index in [0.717, 1.165) is 22.4 Å². The van der Waals surface area contributed by atoms with Crippen LogP contribution in [-0.2, 0) is 23.1 Å². The molecule has 19 heavy (non-hydrogen) atoms. The highest BCUT2D eigenvalue weighted by Gasteiger charge is 2.30. The molecule has 0 bridgehead atoms. The number of nitrogens with zero attached hydrogens (tertiary/aromatic N) is 3. The van der Waals surface area contributed by atoms with E-state index in [1.807, 2.05) is 18.7 Å². The van der Waals surface area contributed by atoms with Crippen LogP contribution in [0.1, 0.15) is 11.4 Å². The number of aromatic nitrogens is 2. The molecule has 2 rings (SSSR count). The molecule has 1 amide bonds. The van der Waals surface area contributed by atoms with Crippen molar-refractivity contribution in [3.63, 3.8) is 0 Å². The van der Waals surface area contributed by atoms with Gasteiger partial charge in [0.2, 0.25) is 5.91 Å². The normalized spacial score (nSPS) is 20.5. The molecule has 1 aromatic heterocycles. The number of likely N-dealkylation sites (N-methyl/N-ethyl adjacent to an activating group) is 1. The zero-order chi connectivity index (χ0) is 14.0. The van der Waals surface area contributed by atoms with Crippen molar-refractivity contribution in [2.75, 3.05) is 26.8 Å². The molecule has 7 heteroatoms. The van der Waals surface area contributed by atoms with Gasteiger partial charge in [0.05, 0.1) is 29.1 Å². The van der Waals surface area contributed by atoms with Crippen LogP contribution in [0.2, 0.25) is 0 Å². The molecular weight excluding hydrogens is 312 g/mol. The molecule has 1 fully saturated rings. The molecule has 1 atom stereocenters. The Morgan fingerprint density at radius 3 is 2.95 bits per heavy atom. The molecular formula is C12H19BrN4O2. The van der Waals surface area contributed by atoms with Crippen LogP contribution in [0.25, 0.3) is 0 Å². The Hall–Kier alpha value is -0.920. The maximum absolute atomic E-state index is 11.9. The number of amides is 1. The fourth-order valence-electron chi connectivity index (χ4n) is 2.28. The second-order valence-corrected chi connectivity index (χ2v) is 5.44. The summed E-state index contributed by atoms with van der Waals surface area (Å²) in [7, 11) is 3.57. The van der Waals surface area contributed by atoms with Gasteiger partial charge < -0.3 is 10.1 Å². The third kappa shape index (κ3) is 2.98. The maximum atomic E-state index is 11.9. The monoisotopic (exact) mass is 330 g/mol. The number of nitrogens with one attached hydrogen (secondary N) is 1. The lowest BCUT2D eigenvalue weighted by molar-refractivity contribution is -0.132. The van der Waals surface area contributed by atoms with Gasteiger partial charge in [0.15, 0.2) is 0 Å². The van der Waals surface area contributed by atoms with E-state index in [2.05, 4.69) is 31.2 Å². The summed E-state index contributed by atoms with van der Waals surface area (Å²) in [4.78, 5) is 14.0. The molecule has 1 N–H and O–H groups in total. The Labute approximate surface area is 121 Å². The quantitative estimate of drug-likeness (QED) is 0.873. The maximum Gasteiger partial charge on any atom is 0.239 e. The molecule has 0 aliphatic carbocycles. The molecule has 1 unspecified atom stereocenters. The Bertz CT molecular complexity index is 475. The van der Waals surface area contributed by atoms with Crippen LogP contribution in [0.15, 0.2) is 4.47 Å². The average Bonchev–Trinajstić information content (AvgIpc) is 2.65. The molecule has 6 nitrogen and oxygen atoms in total. The van der Waals surface area contributed by atoms with E-state index in [4.69, 9.17) is 4.74 Å². The van der Waals surface area contributed by atoms with Gasteiger partial charge >= 0.3 is 0 Å². The van der Waals surface area contributed by atoms with Crippen molar-refractivity contribution in [1.29, 1.82) is 0 Å². The first kappa shape index (κ1) is 14.5. The minimum Gasteiger partial charge on any atom is -0.378 e. The summed E-state index contributed by atoms with van der Waals surface area (Å²) < 4.78 is 8.27. The van der Waals surface area contributed by atoms with Crippen LogP contribution >= 0.6 is 15.9 Å². The number of hydrogen-bond donors (Lipinski definition) is 1. The standard InChI is InChI=1S/C12H19BrN4O2/c1-8-11(13)9(16(3)15-8)6-17-4-5-19-7-10(17)12(18)14-2/h10H,4-7H2,1-3H3,(H,14,18). The smallest absolute Gasteiger partial charge is 0.239 e. The minimum atomic E-state index is -0.235. The van der Waals surface area contributed by atoms with Gasteiger partial charge in [-0.3, -0.25) is 14.4 Å². The van der Waals surface area contributed by atoms with Crippen molar-refractivity contribution >= 4 is 21.8 Å². The zero-order valence-corrected chi connectivity index (χ0v) is 13.0. The fraction of sp³-hybridized carbons (Fsp3) is 0.667. The molecule has 2 heterocycles. The van der Waals surface area contributed by atoms with Gasteiger partial charge in [0.25, 0.3) is 0 Å². The summed E-state index contributed by atoms with van der Waals surface area (Å²) in [6, 6.07) is -0.235. The lowest BCUT2D eigenvalue weighted by atomic mass is 10.2.